The summed E-state index contributed by atoms with van der Waals surface area (Å²) >= 11 is 0. The molecule has 0 aliphatic rings. The second-order valence-electron chi connectivity index (χ2n) is 4.63. The largest absolute Gasteiger partial charge is 0.369 e. The summed E-state index contributed by atoms with van der Waals surface area (Å²) in [6.45, 7) is 9.64. The minimum absolute atomic E-state index is 0.253. The molecular formula is C14H22N2O. The van der Waals surface area contributed by atoms with Crippen LogP contribution in [0.5, 0.6) is 0 Å². The number of nitrogens with one attached hydrogen (secondary N) is 1. The lowest BCUT2D eigenvalue weighted by molar-refractivity contribution is -0.117. The first-order valence-electron chi connectivity index (χ1n) is 5.98. The zero-order valence-corrected chi connectivity index (χ0v) is 11.2. The Hall–Kier alpha value is -1.35. The first-order chi connectivity index (χ1) is 7.93. The minimum Gasteiger partial charge on any atom is -0.369 e. The lowest BCUT2D eigenvalue weighted by Crippen LogP contribution is -2.30. The van der Waals surface area contributed by atoms with Crippen molar-refractivity contribution in [2.75, 3.05) is 13.1 Å². The fourth-order valence-corrected chi connectivity index (χ4v) is 2.10. The van der Waals surface area contributed by atoms with Crippen LogP contribution >= 0.6 is 0 Å². The van der Waals surface area contributed by atoms with Crippen molar-refractivity contribution in [2.45, 2.75) is 34.1 Å². The molecule has 0 aliphatic heterocycles. The van der Waals surface area contributed by atoms with Crippen LogP contribution in [0.2, 0.25) is 0 Å². The summed E-state index contributed by atoms with van der Waals surface area (Å²) in [7, 11) is 0. The van der Waals surface area contributed by atoms with Gasteiger partial charge in [-0.05, 0) is 68.5 Å². The van der Waals surface area contributed by atoms with Crippen LogP contribution in [0.25, 0.3) is 0 Å². The van der Waals surface area contributed by atoms with Gasteiger partial charge in [-0.3, -0.25) is 4.79 Å². The number of rotatable bonds is 5. The maximum atomic E-state index is 10.6. The average molecular weight is 234 g/mol. The quantitative estimate of drug-likeness (QED) is 0.759. The molecule has 17 heavy (non-hydrogen) atoms. The second-order valence-corrected chi connectivity index (χ2v) is 4.63. The molecule has 0 saturated carbocycles. The van der Waals surface area contributed by atoms with Crippen molar-refractivity contribution in [1.29, 1.82) is 0 Å². The highest BCUT2D eigenvalue weighted by Gasteiger charge is 2.07. The molecule has 0 atom stereocenters. The Morgan fingerprint density at radius 1 is 1.18 bits per heavy atom. The number of nitrogens with two attached hydrogens (primary N) is 1. The lowest BCUT2D eigenvalue weighted by Gasteiger charge is -2.15. The van der Waals surface area contributed by atoms with E-state index in [9.17, 15) is 4.79 Å². The molecule has 1 aromatic carbocycles. The maximum absolute atomic E-state index is 10.6. The van der Waals surface area contributed by atoms with E-state index in [-0.39, 0.29) is 12.5 Å². The van der Waals surface area contributed by atoms with Gasteiger partial charge in [0, 0.05) is 0 Å². The second kappa shape index (κ2) is 5.82. The molecule has 3 heteroatoms. The number of primary amides is 1. The Morgan fingerprint density at radius 2 is 1.71 bits per heavy atom. The van der Waals surface area contributed by atoms with Crippen LogP contribution in [0.15, 0.2) is 6.07 Å². The van der Waals surface area contributed by atoms with E-state index in [4.69, 9.17) is 5.73 Å². The Balaban J connectivity index is 2.73. The molecule has 3 N–H and O–H groups in total. The van der Waals surface area contributed by atoms with E-state index in [2.05, 4.69) is 39.1 Å². The molecule has 0 radical (unpaired) electrons. The number of aryl methyl sites for hydroxylation is 2. The minimum atomic E-state index is -0.307. The van der Waals surface area contributed by atoms with Gasteiger partial charge in [0.05, 0.1) is 6.54 Å². The lowest BCUT2D eigenvalue weighted by atomic mass is 9.92. The van der Waals surface area contributed by atoms with Crippen LogP contribution in [-0.4, -0.2) is 19.0 Å². The van der Waals surface area contributed by atoms with Gasteiger partial charge < -0.3 is 11.1 Å². The van der Waals surface area contributed by atoms with Crippen molar-refractivity contribution in [3.05, 3.63) is 33.9 Å². The molecule has 1 rings (SSSR count). The number of carbonyl (C=O) groups excluding carboxylic acids is 1. The number of hydrogen-bond acceptors (Lipinski definition) is 2. The zero-order chi connectivity index (χ0) is 13.0. The Bertz CT molecular complexity index is 398. The zero-order valence-electron chi connectivity index (χ0n) is 11.2. The molecule has 3 nitrogen and oxygen atoms in total. The van der Waals surface area contributed by atoms with Gasteiger partial charge in [-0.1, -0.05) is 6.07 Å². The van der Waals surface area contributed by atoms with Gasteiger partial charge in [0.1, 0.15) is 0 Å². The van der Waals surface area contributed by atoms with Crippen molar-refractivity contribution < 1.29 is 4.79 Å². The fraction of sp³-hybridized carbons (Fsp3) is 0.500. The van der Waals surface area contributed by atoms with E-state index in [1.807, 2.05) is 0 Å². The average Bonchev–Trinajstić information content (AvgIpc) is 2.25. The van der Waals surface area contributed by atoms with Crippen LogP contribution in [0.1, 0.15) is 27.8 Å². The van der Waals surface area contributed by atoms with E-state index in [0.717, 1.165) is 13.0 Å². The fourth-order valence-electron chi connectivity index (χ4n) is 2.10. The number of benzene rings is 1. The normalized spacial score (nSPS) is 10.6. The molecule has 0 heterocycles. The monoisotopic (exact) mass is 234 g/mol. The van der Waals surface area contributed by atoms with E-state index >= 15 is 0 Å². The van der Waals surface area contributed by atoms with Gasteiger partial charge >= 0.3 is 0 Å². The number of hydrogen-bond donors (Lipinski definition) is 2. The standard InChI is InChI=1S/C14H22N2O/c1-9-7-10(2)12(4)13(11(9)3)5-6-16-8-14(15)17/h7,16H,5-6,8H2,1-4H3,(H2,15,17). The van der Waals surface area contributed by atoms with Gasteiger partial charge in [-0.25, -0.2) is 0 Å². The summed E-state index contributed by atoms with van der Waals surface area (Å²) < 4.78 is 0. The van der Waals surface area contributed by atoms with Crippen LogP contribution in [0.4, 0.5) is 0 Å². The Kier molecular flexibility index (Phi) is 4.70. The van der Waals surface area contributed by atoms with E-state index in [0.29, 0.717) is 0 Å². The molecule has 0 saturated heterocycles. The van der Waals surface area contributed by atoms with Crippen LogP contribution in [-0.2, 0) is 11.2 Å². The van der Waals surface area contributed by atoms with Gasteiger partial charge in [0.2, 0.25) is 5.91 Å². The van der Waals surface area contributed by atoms with E-state index in [1.165, 1.54) is 27.8 Å². The van der Waals surface area contributed by atoms with Gasteiger partial charge in [0.15, 0.2) is 0 Å². The molecule has 0 aliphatic carbocycles. The summed E-state index contributed by atoms with van der Waals surface area (Å²) in [5, 5.41) is 3.05. The van der Waals surface area contributed by atoms with Crippen molar-refractivity contribution in [3.63, 3.8) is 0 Å². The molecule has 0 bridgehead atoms. The molecule has 0 spiro atoms. The summed E-state index contributed by atoms with van der Waals surface area (Å²) in [4.78, 5) is 10.6. The van der Waals surface area contributed by atoms with Crippen molar-refractivity contribution in [3.8, 4) is 0 Å². The van der Waals surface area contributed by atoms with Gasteiger partial charge in [-0.15, -0.1) is 0 Å². The predicted octanol–water partition coefficient (Wildman–Crippen LogP) is 1.54. The van der Waals surface area contributed by atoms with Crippen LogP contribution in [0, 0.1) is 27.7 Å². The van der Waals surface area contributed by atoms with Crippen molar-refractivity contribution >= 4 is 5.91 Å². The number of amides is 1. The highest BCUT2D eigenvalue weighted by Crippen LogP contribution is 2.21. The van der Waals surface area contributed by atoms with E-state index < -0.39 is 0 Å². The topological polar surface area (TPSA) is 55.1 Å². The summed E-state index contributed by atoms with van der Waals surface area (Å²) in [5.74, 6) is -0.307. The molecule has 0 unspecified atom stereocenters. The smallest absolute Gasteiger partial charge is 0.231 e. The van der Waals surface area contributed by atoms with Crippen LogP contribution in [0.3, 0.4) is 0 Å². The predicted molar refractivity (Wildman–Crippen MR) is 71.2 cm³/mol. The SMILES string of the molecule is Cc1cc(C)c(C)c(CCNCC(N)=O)c1C. The summed E-state index contributed by atoms with van der Waals surface area (Å²) in [6.07, 6.45) is 0.938. The van der Waals surface area contributed by atoms with Gasteiger partial charge in [0.25, 0.3) is 0 Å². The third-order valence-electron chi connectivity index (χ3n) is 3.37. The maximum Gasteiger partial charge on any atom is 0.231 e. The molecule has 0 fully saturated rings. The third-order valence-corrected chi connectivity index (χ3v) is 3.37. The molecule has 1 amide bonds. The molecule has 94 valence electrons. The van der Waals surface area contributed by atoms with Gasteiger partial charge in [-0.2, -0.15) is 0 Å². The first-order valence-corrected chi connectivity index (χ1v) is 5.98. The third kappa shape index (κ3) is 3.56. The highest BCUT2D eigenvalue weighted by molar-refractivity contribution is 5.75. The Labute approximate surface area is 103 Å². The first kappa shape index (κ1) is 13.7. The summed E-state index contributed by atoms with van der Waals surface area (Å²) in [6, 6.07) is 2.23. The molecule has 0 aromatic heterocycles. The number of carbonyl (C=O) groups is 1. The van der Waals surface area contributed by atoms with Crippen molar-refractivity contribution in [2.24, 2.45) is 5.73 Å². The molecule has 1 aromatic rings. The van der Waals surface area contributed by atoms with E-state index in [1.54, 1.807) is 0 Å². The Morgan fingerprint density at radius 3 is 2.18 bits per heavy atom. The summed E-state index contributed by atoms with van der Waals surface area (Å²) in [5.41, 5.74) is 11.8. The van der Waals surface area contributed by atoms with Crippen molar-refractivity contribution in [1.82, 2.24) is 5.32 Å². The highest BCUT2D eigenvalue weighted by atomic mass is 16.1. The van der Waals surface area contributed by atoms with Crippen LogP contribution < -0.4 is 11.1 Å². The molecular weight excluding hydrogens is 212 g/mol.